The van der Waals surface area contributed by atoms with Crippen molar-refractivity contribution >= 4 is 17.5 Å². The lowest BCUT2D eigenvalue weighted by atomic mass is 10.0. The first-order valence-electron chi connectivity index (χ1n) is 6.22. The van der Waals surface area contributed by atoms with Gasteiger partial charge in [-0.2, -0.15) is 13.2 Å². The molecule has 2 amide bonds. The Morgan fingerprint density at radius 1 is 1.33 bits per heavy atom. The van der Waals surface area contributed by atoms with Crippen LogP contribution in [-0.4, -0.2) is 31.1 Å². The monoisotopic (exact) mass is 302 g/mol. The van der Waals surface area contributed by atoms with E-state index in [1.807, 2.05) is 0 Å². The van der Waals surface area contributed by atoms with Crippen LogP contribution in [0.3, 0.4) is 0 Å². The average Bonchev–Trinajstić information content (AvgIpc) is 2.42. The fourth-order valence-electron chi connectivity index (χ4n) is 1.85. The molecule has 0 radical (unpaired) electrons. The first-order chi connectivity index (χ1) is 9.83. The Morgan fingerprint density at radius 3 is 2.81 bits per heavy atom. The minimum atomic E-state index is -4.44. The Bertz CT molecular complexity index is 558. The number of fused-ring (bicyclic) bond motifs is 1. The van der Waals surface area contributed by atoms with E-state index in [2.05, 4.69) is 5.32 Å². The number of ether oxygens (including phenoxy) is 1. The molecule has 5 nitrogen and oxygen atoms in total. The molecule has 1 aliphatic heterocycles. The van der Waals surface area contributed by atoms with Crippen LogP contribution in [0.15, 0.2) is 18.2 Å². The second-order valence-corrected chi connectivity index (χ2v) is 4.55. The van der Waals surface area contributed by atoms with Crippen LogP contribution in [-0.2, 0) is 16.0 Å². The summed E-state index contributed by atoms with van der Waals surface area (Å²) in [6.45, 7) is -1.88. The van der Waals surface area contributed by atoms with E-state index in [1.165, 1.54) is 0 Å². The third-order valence-electron chi connectivity index (χ3n) is 2.83. The van der Waals surface area contributed by atoms with Gasteiger partial charge in [0, 0.05) is 12.1 Å². The highest BCUT2D eigenvalue weighted by Crippen LogP contribution is 2.26. The second-order valence-electron chi connectivity index (χ2n) is 4.55. The lowest BCUT2D eigenvalue weighted by molar-refractivity contribution is -0.139. The largest absolute Gasteiger partial charge is 0.484 e. The molecule has 0 fully saturated rings. The molecule has 0 aromatic heterocycles. The molecule has 0 saturated heterocycles. The summed E-state index contributed by atoms with van der Waals surface area (Å²) in [5, 5.41) is 4.41. The number of aryl methyl sites for hydroxylation is 1. The molecular formula is C13H13F3N2O3. The molecule has 1 aromatic rings. The number of carbonyl (C=O) groups is 2. The number of carbonyl (C=O) groups excluding carboxylic acids is 2. The molecule has 0 aliphatic carbocycles. The van der Waals surface area contributed by atoms with Gasteiger partial charge in [-0.15, -0.1) is 0 Å². The number of nitrogens with one attached hydrogen (secondary N) is 2. The van der Waals surface area contributed by atoms with Gasteiger partial charge in [0.1, 0.15) is 12.3 Å². The highest BCUT2D eigenvalue weighted by molar-refractivity contribution is 5.94. The predicted octanol–water partition coefficient (Wildman–Crippen LogP) is 1.63. The van der Waals surface area contributed by atoms with Crippen LogP contribution in [0.4, 0.5) is 18.9 Å². The van der Waals surface area contributed by atoms with Crippen LogP contribution in [0.2, 0.25) is 0 Å². The Labute approximate surface area is 118 Å². The Kier molecular flexibility index (Phi) is 4.35. The van der Waals surface area contributed by atoms with Gasteiger partial charge >= 0.3 is 6.18 Å². The van der Waals surface area contributed by atoms with Gasteiger partial charge in [-0.25, -0.2) is 0 Å². The summed E-state index contributed by atoms with van der Waals surface area (Å²) in [5.74, 6) is -0.548. The van der Waals surface area contributed by atoms with E-state index in [4.69, 9.17) is 4.74 Å². The topological polar surface area (TPSA) is 67.4 Å². The third-order valence-corrected chi connectivity index (χ3v) is 2.83. The zero-order valence-corrected chi connectivity index (χ0v) is 10.9. The number of alkyl halides is 3. The second kappa shape index (κ2) is 6.02. The van der Waals surface area contributed by atoms with Crippen LogP contribution in [0, 0.1) is 0 Å². The molecule has 21 heavy (non-hydrogen) atoms. The molecule has 0 bridgehead atoms. The summed E-state index contributed by atoms with van der Waals surface area (Å²) in [7, 11) is 0. The third kappa shape index (κ3) is 4.66. The van der Waals surface area contributed by atoms with Gasteiger partial charge in [0.05, 0.1) is 0 Å². The molecule has 1 aromatic carbocycles. The minimum absolute atomic E-state index is 0.0669. The summed E-state index contributed by atoms with van der Waals surface area (Å²) in [6.07, 6.45) is -3.53. The zero-order valence-electron chi connectivity index (χ0n) is 10.9. The number of rotatable bonds is 4. The first-order valence-corrected chi connectivity index (χ1v) is 6.22. The van der Waals surface area contributed by atoms with Crippen molar-refractivity contribution in [1.29, 1.82) is 0 Å². The molecule has 0 atom stereocenters. The van der Waals surface area contributed by atoms with E-state index in [-0.39, 0.29) is 5.91 Å². The van der Waals surface area contributed by atoms with E-state index >= 15 is 0 Å². The van der Waals surface area contributed by atoms with E-state index in [0.29, 0.717) is 24.3 Å². The van der Waals surface area contributed by atoms with Gasteiger partial charge in [0.25, 0.3) is 5.91 Å². The Balaban J connectivity index is 1.86. The van der Waals surface area contributed by atoms with Crippen molar-refractivity contribution in [3.05, 3.63) is 23.8 Å². The quantitative estimate of drug-likeness (QED) is 0.888. The molecule has 1 heterocycles. The van der Waals surface area contributed by atoms with E-state index in [9.17, 15) is 22.8 Å². The summed E-state index contributed by atoms with van der Waals surface area (Å²) < 4.78 is 40.9. The highest BCUT2D eigenvalue weighted by atomic mass is 19.4. The molecule has 0 unspecified atom stereocenters. The van der Waals surface area contributed by atoms with Crippen LogP contribution in [0.25, 0.3) is 0 Å². The number of benzene rings is 1. The SMILES string of the molecule is O=C(COc1ccc2c(c1)CCC(=O)N2)NCC(F)(F)F. The predicted molar refractivity (Wildman–Crippen MR) is 68.0 cm³/mol. The van der Waals surface area contributed by atoms with Crippen LogP contribution in [0.5, 0.6) is 5.75 Å². The maximum atomic E-state index is 11.9. The normalized spacial score (nSPS) is 14.1. The fraction of sp³-hybridized carbons (Fsp3) is 0.385. The lowest BCUT2D eigenvalue weighted by Crippen LogP contribution is -2.36. The van der Waals surface area contributed by atoms with Crippen molar-refractivity contribution in [2.45, 2.75) is 19.0 Å². The summed E-state index contributed by atoms with van der Waals surface area (Å²) in [6, 6.07) is 4.84. The van der Waals surface area contributed by atoms with Crippen molar-refractivity contribution in [2.75, 3.05) is 18.5 Å². The molecular weight excluding hydrogens is 289 g/mol. The van der Waals surface area contributed by atoms with Gasteiger partial charge in [-0.3, -0.25) is 9.59 Å². The maximum absolute atomic E-state index is 11.9. The fourth-order valence-corrected chi connectivity index (χ4v) is 1.85. The molecule has 8 heteroatoms. The summed E-state index contributed by atoms with van der Waals surface area (Å²) >= 11 is 0. The van der Waals surface area contributed by atoms with Crippen LogP contribution < -0.4 is 15.4 Å². The van der Waals surface area contributed by atoms with Crippen molar-refractivity contribution in [1.82, 2.24) is 5.32 Å². The minimum Gasteiger partial charge on any atom is -0.484 e. The Morgan fingerprint density at radius 2 is 2.10 bits per heavy atom. The number of hydrogen-bond acceptors (Lipinski definition) is 3. The van der Waals surface area contributed by atoms with Crippen LogP contribution in [0.1, 0.15) is 12.0 Å². The number of hydrogen-bond donors (Lipinski definition) is 2. The zero-order chi connectivity index (χ0) is 15.5. The Hall–Kier alpha value is -2.25. The average molecular weight is 302 g/mol. The molecule has 2 N–H and O–H groups in total. The maximum Gasteiger partial charge on any atom is 0.405 e. The number of halogens is 3. The molecule has 2 rings (SSSR count). The van der Waals surface area contributed by atoms with Crippen molar-refractivity contribution < 1.29 is 27.5 Å². The summed E-state index contributed by atoms with van der Waals surface area (Å²) in [4.78, 5) is 22.4. The number of anilines is 1. The molecule has 1 aliphatic rings. The molecule has 0 spiro atoms. The van der Waals surface area contributed by atoms with Gasteiger partial charge in [-0.05, 0) is 30.2 Å². The standard InChI is InChI=1S/C13H13F3N2O3/c14-13(15,16)7-17-12(20)6-21-9-2-3-10-8(5-9)1-4-11(19)18-10/h2-3,5H,1,4,6-7H2,(H,17,20)(H,18,19). The lowest BCUT2D eigenvalue weighted by Gasteiger charge is -2.17. The van der Waals surface area contributed by atoms with Crippen molar-refractivity contribution in [3.63, 3.8) is 0 Å². The van der Waals surface area contributed by atoms with Gasteiger partial charge in [-0.1, -0.05) is 0 Å². The molecule has 114 valence electrons. The van der Waals surface area contributed by atoms with Crippen LogP contribution >= 0.6 is 0 Å². The van der Waals surface area contributed by atoms with Gasteiger partial charge in [0.15, 0.2) is 6.61 Å². The van der Waals surface area contributed by atoms with E-state index in [0.717, 1.165) is 5.56 Å². The number of amides is 2. The van der Waals surface area contributed by atoms with Crippen molar-refractivity contribution in [2.24, 2.45) is 0 Å². The summed E-state index contributed by atoms with van der Waals surface area (Å²) in [5.41, 5.74) is 1.54. The van der Waals surface area contributed by atoms with E-state index in [1.54, 1.807) is 23.5 Å². The van der Waals surface area contributed by atoms with Gasteiger partial charge < -0.3 is 15.4 Å². The molecule has 0 saturated carbocycles. The van der Waals surface area contributed by atoms with Crippen molar-refractivity contribution in [3.8, 4) is 5.75 Å². The van der Waals surface area contributed by atoms with Gasteiger partial charge in [0.2, 0.25) is 5.91 Å². The first kappa shape index (κ1) is 15.1. The highest BCUT2D eigenvalue weighted by Gasteiger charge is 2.27. The van der Waals surface area contributed by atoms with E-state index < -0.39 is 25.2 Å². The smallest absolute Gasteiger partial charge is 0.405 e.